The Kier molecular flexibility index (Phi) is 8.87. The van der Waals surface area contributed by atoms with Gasteiger partial charge >= 0.3 is 0 Å². The second-order valence-electron chi connectivity index (χ2n) is 4.51. The van der Waals surface area contributed by atoms with Crippen molar-refractivity contribution >= 4 is 23.1 Å². The highest BCUT2D eigenvalue weighted by Crippen LogP contribution is 2.06. The number of hydrogen-bond donors (Lipinski definition) is 2. The van der Waals surface area contributed by atoms with Crippen LogP contribution in [-0.4, -0.2) is 54.7 Å². The molecule has 0 aliphatic carbocycles. The molecule has 0 radical (unpaired) electrons. The summed E-state index contributed by atoms with van der Waals surface area (Å²) >= 11 is 4.87. The van der Waals surface area contributed by atoms with Crippen LogP contribution in [0.3, 0.4) is 0 Å². The highest BCUT2D eigenvalue weighted by molar-refractivity contribution is 7.80. The lowest BCUT2D eigenvalue weighted by atomic mass is 10.2. The number of nitrogens with zero attached hydrogens (tertiary/aromatic N) is 1. The molecule has 0 aromatic carbocycles. The average Bonchev–Trinajstić information content (AvgIpc) is 2.28. The Morgan fingerprint density at radius 1 is 1.44 bits per heavy atom. The first-order chi connectivity index (χ1) is 8.40. The fourth-order valence-corrected chi connectivity index (χ4v) is 1.80. The van der Waals surface area contributed by atoms with E-state index in [1.807, 2.05) is 6.92 Å². The summed E-state index contributed by atoms with van der Waals surface area (Å²) in [6.07, 6.45) is 0.628. The maximum Gasteiger partial charge on any atom is 0.237 e. The van der Waals surface area contributed by atoms with Crippen LogP contribution in [0.5, 0.6) is 0 Å². The van der Waals surface area contributed by atoms with Gasteiger partial charge in [-0.25, -0.2) is 0 Å². The summed E-state index contributed by atoms with van der Waals surface area (Å²) in [6, 6.07) is 0.0683. The molecule has 0 saturated carbocycles. The Labute approximate surface area is 115 Å². The molecule has 5 nitrogen and oxygen atoms in total. The van der Waals surface area contributed by atoms with Crippen molar-refractivity contribution in [1.29, 1.82) is 0 Å². The van der Waals surface area contributed by atoms with E-state index in [9.17, 15) is 4.79 Å². The topological polar surface area (TPSA) is 67.6 Å². The lowest BCUT2D eigenvalue weighted by Gasteiger charge is -2.31. The summed E-state index contributed by atoms with van der Waals surface area (Å²) in [5, 5.41) is 2.84. The summed E-state index contributed by atoms with van der Waals surface area (Å²) in [5.74, 6) is 0.00342. The molecule has 0 aliphatic heterocycles. The van der Waals surface area contributed by atoms with E-state index < -0.39 is 0 Å². The highest BCUT2D eigenvalue weighted by Gasteiger charge is 2.23. The van der Waals surface area contributed by atoms with Crippen LogP contribution in [0.15, 0.2) is 0 Å². The number of amides is 1. The van der Waals surface area contributed by atoms with Crippen LogP contribution in [0.4, 0.5) is 0 Å². The molecule has 0 fully saturated rings. The standard InChI is InChI=1S/C12H25N3O2S/c1-9(2)15(7-5-11(13)18)10(3)12(16)14-6-8-17-4/h9-10H,5-8H2,1-4H3,(H2,13,18)(H,14,16). The van der Waals surface area contributed by atoms with Gasteiger partial charge < -0.3 is 15.8 Å². The number of rotatable bonds is 9. The number of hydrogen-bond acceptors (Lipinski definition) is 4. The quantitative estimate of drug-likeness (QED) is 0.474. The number of thiocarbonyl (C=S) groups is 1. The van der Waals surface area contributed by atoms with E-state index in [0.29, 0.717) is 31.1 Å². The first-order valence-corrected chi connectivity index (χ1v) is 6.61. The molecule has 1 atom stereocenters. The van der Waals surface area contributed by atoms with Gasteiger partial charge in [-0.3, -0.25) is 9.69 Å². The lowest BCUT2D eigenvalue weighted by Crippen LogP contribution is -2.49. The van der Waals surface area contributed by atoms with E-state index in [2.05, 4.69) is 24.1 Å². The predicted octanol–water partition coefficient (Wildman–Crippen LogP) is 0.524. The van der Waals surface area contributed by atoms with Crippen molar-refractivity contribution in [3.8, 4) is 0 Å². The van der Waals surface area contributed by atoms with Crippen molar-refractivity contribution in [3.63, 3.8) is 0 Å². The molecular formula is C12H25N3O2S. The van der Waals surface area contributed by atoms with Gasteiger partial charge in [0, 0.05) is 32.7 Å². The van der Waals surface area contributed by atoms with Crippen molar-refractivity contribution in [2.75, 3.05) is 26.8 Å². The van der Waals surface area contributed by atoms with E-state index in [-0.39, 0.29) is 18.0 Å². The van der Waals surface area contributed by atoms with E-state index in [4.69, 9.17) is 22.7 Å². The molecule has 0 heterocycles. The number of carbonyl (C=O) groups excluding carboxylic acids is 1. The van der Waals surface area contributed by atoms with Crippen molar-refractivity contribution in [2.24, 2.45) is 5.73 Å². The summed E-state index contributed by atoms with van der Waals surface area (Å²) in [6.45, 7) is 7.75. The molecule has 1 amide bonds. The molecule has 0 saturated heterocycles. The molecule has 1 unspecified atom stereocenters. The number of methoxy groups -OCH3 is 1. The monoisotopic (exact) mass is 275 g/mol. The molecule has 0 bridgehead atoms. The Hall–Kier alpha value is -0.720. The maximum absolute atomic E-state index is 11.9. The third-order valence-corrected chi connectivity index (χ3v) is 2.97. The first-order valence-electron chi connectivity index (χ1n) is 6.20. The van der Waals surface area contributed by atoms with Gasteiger partial charge in [0.05, 0.1) is 17.6 Å². The highest BCUT2D eigenvalue weighted by atomic mass is 32.1. The Bertz CT molecular complexity index is 272. The van der Waals surface area contributed by atoms with Gasteiger partial charge in [-0.05, 0) is 20.8 Å². The van der Waals surface area contributed by atoms with E-state index >= 15 is 0 Å². The maximum atomic E-state index is 11.9. The molecule has 0 aliphatic rings. The Balaban J connectivity index is 4.31. The van der Waals surface area contributed by atoms with Gasteiger partial charge in [0.15, 0.2) is 0 Å². The summed E-state index contributed by atoms with van der Waals surface area (Å²) in [7, 11) is 1.61. The smallest absolute Gasteiger partial charge is 0.237 e. The lowest BCUT2D eigenvalue weighted by molar-refractivity contribution is -0.126. The van der Waals surface area contributed by atoms with Gasteiger partial charge in [-0.15, -0.1) is 0 Å². The minimum Gasteiger partial charge on any atom is -0.393 e. The SMILES string of the molecule is COCCNC(=O)C(C)N(CCC(N)=S)C(C)C. The number of ether oxygens (including phenoxy) is 1. The molecule has 0 spiro atoms. The molecule has 0 aromatic rings. The second-order valence-corrected chi connectivity index (χ2v) is 5.03. The van der Waals surface area contributed by atoms with Crippen LogP contribution < -0.4 is 11.1 Å². The number of nitrogens with two attached hydrogens (primary N) is 1. The first kappa shape index (κ1) is 17.3. The molecule has 3 N–H and O–H groups in total. The number of nitrogens with one attached hydrogen (secondary N) is 1. The van der Waals surface area contributed by atoms with E-state index in [1.165, 1.54) is 0 Å². The normalized spacial score (nSPS) is 12.8. The van der Waals surface area contributed by atoms with Crippen LogP contribution in [0.1, 0.15) is 27.2 Å². The van der Waals surface area contributed by atoms with Crippen molar-refractivity contribution in [1.82, 2.24) is 10.2 Å². The minimum atomic E-state index is -0.198. The van der Waals surface area contributed by atoms with Crippen molar-refractivity contribution in [2.45, 2.75) is 39.3 Å². The van der Waals surface area contributed by atoms with Crippen LogP contribution in [0, 0.1) is 0 Å². The molecule has 6 heteroatoms. The zero-order valence-electron chi connectivity index (χ0n) is 11.7. The van der Waals surface area contributed by atoms with Gasteiger partial charge in [-0.2, -0.15) is 0 Å². The predicted molar refractivity (Wildman–Crippen MR) is 77.6 cm³/mol. The van der Waals surface area contributed by atoms with Crippen molar-refractivity contribution < 1.29 is 9.53 Å². The third-order valence-electron chi connectivity index (χ3n) is 2.76. The Morgan fingerprint density at radius 3 is 2.50 bits per heavy atom. The van der Waals surface area contributed by atoms with Crippen molar-refractivity contribution in [3.05, 3.63) is 0 Å². The molecule has 0 aromatic heterocycles. The van der Waals surface area contributed by atoms with Gasteiger partial charge in [-0.1, -0.05) is 12.2 Å². The van der Waals surface area contributed by atoms with E-state index in [0.717, 1.165) is 0 Å². The number of carbonyl (C=O) groups is 1. The molecule has 106 valence electrons. The largest absolute Gasteiger partial charge is 0.393 e. The fraction of sp³-hybridized carbons (Fsp3) is 0.833. The fourth-order valence-electron chi connectivity index (χ4n) is 1.71. The molecule has 0 rings (SSSR count). The summed E-state index contributed by atoms with van der Waals surface area (Å²) in [5.41, 5.74) is 5.50. The summed E-state index contributed by atoms with van der Waals surface area (Å²) in [4.78, 5) is 14.5. The van der Waals surface area contributed by atoms with Crippen LogP contribution >= 0.6 is 12.2 Å². The van der Waals surface area contributed by atoms with Crippen LogP contribution in [-0.2, 0) is 9.53 Å². The van der Waals surface area contributed by atoms with Gasteiger partial charge in [0.25, 0.3) is 0 Å². The Morgan fingerprint density at radius 2 is 2.06 bits per heavy atom. The van der Waals surface area contributed by atoms with Crippen LogP contribution in [0.25, 0.3) is 0 Å². The third kappa shape index (κ3) is 6.88. The van der Waals surface area contributed by atoms with Gasteiger partial charge in [0.1, 0.15) is 0 Å². The summed E-state index contributed by atoms with van der Waals surface area (Å²) < 4.78 is 4.90. The zero-order chi connectivity index (χ0) is 14.1. The van der Waals surface area contributed by atoms with E-state index in [1.54, 1.807) is 7.11 Å². The second kappa shape index (κ2) is 9.24. The minimum absolute atomic E-state index is 0.00342. The zero-order valence-corrected chi connectivity index (χ0v) is 12.5. The molecular weight excluding hydrogens is 250 g/mol. The molecule has 18 heavy (non-hydrogen) atoms. The van der Waals surface area contributed by atoms with Crippen LogP contribution in [0.2, 0.25) is 0 Å². The average molecular weight is 275 g/mol. The van der Waals surface area contributed by atoms with Gasteiger partial charge in [0.2, 0.25) is 5.91 Å².